The Labute approximate surface area is 112 Å². The lowest BCUT2D eigenvalue weighted by atomic mass is 10.2. The third kappa shape index (κ3) is 5.62. The second-order valence-electron chi connectivity index (χ2n) is 4.53. The van der Waals surface area contributed by atoms with Gasteiger partial charge in [0.1, 0.15) is 6.73 Å². The normalized spacial score (nSPS) is 18.7. The molecule has 0 radical (unpaired) electrons. The van der Waals surface area contributed by atoms with Gasteiger partial charge in [0.2, 0.25) is 11.8 Å². The lowest BCUT2D eigenvalue weighted by Gasteiger charge is -2.33. The molecule has 1 heterocycles. The molecule has 0 aromatic carbocycles. The Bertz CT molecular complexity index is 297. The molecule has 8 heteroatoms. The highest BCUT2D eigenvalue weighted by atomic mass is 16.5. The van der Waals surface area contributed by atoms with Crippen molar-refractivity contribution in [3.63, 3.8) is 0 Å². The molecule has 1 aliphatic heterocycles. The first kappa shape index (κ1) is 16.0. The Morgan fingerprint density at radius 1 is 1.47 bits per heavy atom. The molecule has 110 valence electrons. The number of hydrogen-bond acceptors (Lipinski definition) is 7. The highest BCUT2D eigenvalue weighted by molar-refractivity contribution is 5.99. The standard InChI is InChI=1S/C11H22N4O4/c1-9(15(2-3-16)8-19-7-12)4-14-5-10(17)13-11(18)6-14/h9,16H,2-8,12H2,1H3,(H,13,17,18)/t9-/m0/s1. The van der Waals surface area contributed by atoms with Crippen LogP contribution in [0.4, 0.5) is 0 Å². The predicted octanol–water partition coefficient (Wildman–Crippen LogP) is -2.48. The molecule has 0 aromatic heterocycles. The number of aliphatic hydroxyl groups is 1. The number of aliphatic hydroxyl groups excluding tert-OH is 1. The fourth-order valence-electron chi connectivity index (χ4n) is 2.03. The lowest BCUT2D eigenvalue weighted by Crippen LogP contribution is -2.55. The van der Waals surface area contributed by atoms with Crippen LogP contribution >= 0.6 is 0 Å². The largest absolute Gasteiger partial charge is 0.395 e. The molecule has 1 saturated heterocycles. The molecule has 1 rings (SSSR count). The van der Waals surface area contributed by atoms with Crippen LogP contribution in [-0.2, 0) is 14.3 Å². The maximum absolute atomic E-state index is 11.3. The number of imide groups is 1. The SMILES string of the molecule is C[C@@H](CN1CC(=O)NC(=O)C1)N(CCO)COCN. The number of nitrogens with zero attached hydrogens (tertiary/aromatic N) is 2. The molecular weight excluding hydrogens is 252 g/mol. The van der Waals surface area contributed by atoms with E-state index in [0.29, 0.717) is 19.8 Å². The van der Waals surface area contributed by atoms with E-state index in [1.54, 1.807) is 4.90 Å². The van der Waals surface area contributed by atoms with E-state index in [9.17, 15) is 9.59 Å². The first-order chi connectivity index (χ1) is 9.06. The van der Waals surface area contributed by atoms with Crippen LogP contribution in [0.15, 0.2) is 0 Å². The average Bonchev–Trinajstić information content (AvgIpc) is 2.33. The zero-order valence-electron chi connectivity index (χ0n) is 11.2. The fourth-order valence-corrected chi connectivity index (χ4v) is 2.03. The molecule has 0 aliphatic carbocycles. The Kier molecular flexibility index (Phi) is 6.89. The van der Waals surface area contributed by atoms with E-state index in [-0.39, 0.29) is 44.3 Å². The smallest absolute Gasteiger partial charge is 0.240 e. The summed E-state index contributed by atoms with van der Waals surface area (Å²) in [6.45, 7) is 3.81. The Morgan fingerprint density at radius 3 is 2.63 bits per heavy atom. The van der Waals surface area contributed by atoms with Gasteiger partial charge in [-0.15, -0.1) is 0 Å². The van der Waals surface area contributed by atoms with E-state index in [2.05, 4.69) is 5.32 Å². The molecule has 2 amide bonds. The number of hydrogen-bond donors (Lipinski definition) is 3. The fraction of sp³-hybridized carbons (Fsp3) is 0.818. The quantitative estimate of drug-likeness (QED) is 0.332. The van der Waals surface area contributed by atoms with Crippen LogP contribution < -0.4 is 11.1 Å². The van der Waals surface area contributed by atoms with Gasteiger partial charge < -0.3 is 15.6 Å². The second-order valence-corrected chi connectivity index (χ2v) is 4.53. The van der Waals surface area contributed by atoms with E-state index < -0.39 is 0 Å². The summed E-state index contributed by atoms with van der Waals surface area (Å²) in [5, 5.41) is 11.3. The van der Waals surface area contributed by atoms with E-state index in [1.807, 2.05) is 11.8 Å². The Hall–Kier alpha value is -1.06. The minimum absolute atomic E-state index is 0.0116. The molecule has 19 heavy (non-hydrogen) atoms. The molecule has 0 bridgehead atoms. The van der Waals surface area contributed by atoms with Crippen LogP contribution in [-0.4, -0.2) is 79.0 Å². The van der Waals surface area contributed by atoms with Crippen LogP contribution in [0, 0.1) is 0 Å². The minimum atomic E-state index is -0.282. The summed E-state index contributed by atoms with van der Waals surface area (Å²) in [4.78, 5) is 26.2. The number of carbonyl (C=O) groups is 2. The number of nitrogens with one attached hydrogen (secondary N) is 1. The van der Waals surface area contributed by atoms with Gasteiger partial charge in [0, 0.05) is 19.1 Å². The molecule has 0 spiro atoms. The number of amides is 2. The summed E-state index contributed by atoms with van der Waals surface area (Å²) >= 11 is 0. The average molecular weight is 274 g/mol. The van der Waals surface area contributed by atoms with Crippen LogP contribution in [0.2, 0.25) is 0 Å². The Balaban J connectivity index is 2.47. The van der Waals surface area contributed by atoms with Gasteiger partial charge in [-0.25, -0.2) is 0 Å². The molecule has 0 unspecified atom stereocenters. The maximum atomic E-state index is 11.3. The van der Waals surface area contributed by atoms with Gasteiger partial charge in [-0.3, -0.25) is 24.7 Å². The van der Waals surface area contributed by atoms with Crippen LogP contribution in [0.5, 0.6) is 0 Å². The summed E-state index contributed by atoms with van der Waals surface area (Å²) < 4.78 is 5.13. The first-order valence-corrected chi connectivity index (χ1v) is 6.24. The van der Waals surface area contributed by atoms with Crippen molar-refractivity contribution in [3.8, 4) is 0 Å². The van der Waals surface area contributed by atoms with Crippen molar-refractivity contribution in [2.75, 3.05) is 46.2 Å². The van der Waals surface area contributed by atoms with Gasteiger partial charge in [-0.2, -0.15) is 0 Å². The predicted molar refractivity (Wildman–Crippen MR) is 67.8 cm³/mol. The number of rotatable bonds is 8. The van der Waals surface area contributed by atoms with Gasteiger partial charge >= 0.3 is 0 Å². The van der Waals surface area contributed by atoms with Gasteiger partial charge in [-0.05, 0) is 6.92 Å². The van der Waals surface area contributed by atoms with E-state index in [4.69, 9.17) is 15.6 Å². The van der Waals surface area contributed by atoms with Crippen molar-refractivity contribution >= 4 is 11.8 Å². The highest BCUT2D eigenvalue weighted by Gasteiger charge is 2.25. The van der Waals surface area contributed by atoms with E-state index in [0.717, 1.165) is 0 Å². The maximum Gasteiger partial charge on any atom is 0.240 e. The van der Waals surface area contributed by atoms with Gasteiger partial charge in [0.25, 0.3) is 0 Å². The van der Waals surface area contributed by atoms with Gasteiger partial charge in [-0.1, -0.05) is 0 Å². The van der Waals surface area contributed by atoms with Gasteiger partial charge in [0.15, 0.2) is 0 Å². The lowest BCUT2D eigenvalue weighted by molar-refractivity contribution is -0.136. The number of piperazine rings is 1. The molecule has 1 atom stereocenters. The molecule has 0 aromatic rings. The minimum Gasteiger partial charge on any atom is -0.395 e. The van der Waals surface area contributed by atoms with Crippen molar-refractivity contribution in [2.45, 2.75) is 13.0 Å². The number of carbonyl (C=O) groups excluding carboxylic acids is 2. The molecule has 1 fully saturated rings. The summed E-state index contributed by atoms with van der Waals surface area (Å²) in [5.41, 5.74) is 5.27. The topological polar surface area (TPSA) is 108 Å². The molecule has 4 N–H and O–H groups in total. The molecule has 0 saturated carbocycles. The third-order valence-electron chi connectivity index (χ3n) is 2.92. The van der Waals surface area contributed by atoms with Crippen molar-refractivity contribution in [3.05, 3.63) is 0 Å². The zero-order chi connectivity index (χ0) is 14.3. The molecule has 1 aliphatic rings. The van der Waals surface area contributed by atoms with Crippen LogP contribution in [0.1, 0.15) is 6.92 Å². The van der Waals surface area contributed by atoms with Crippen LogP contribution in [0.3, 0.4) is 0 Å². The molecular formula is C11H22N4O4. The highest BCUT2D eigenvalue weighted by Crippen LogP contribution is 2.04. The van der Waals surface area contributed by atoms with Crippen molar-refractivity contribution in [1.82, 2.24) is 15.1 Å². The van der Waals surface area contributed by atoms with Gasteiger partial charge in [0.05, 0.1) is 26.4 Å². The van der Waals surface area contributed by atoms with Crippen molar-refractivity contribution in [1.29, 1.82) is 0 Å². The summed E-state index contributed by atoms with van der Waals surface area (Å²) in [5.74, 6) is -0.564. The Morgan fingerprint density at radius 2 is 2.11 bits per heavy atom. The van der Waals surface area contributed by atoms with E-state index in [1.165, 1.54) is 0 Å². The first-order valence-electron chi connectivity index (χ1n) is 6.24. The van der Waals surface area contributed by atoms with Crippen molar-refractivity contribution < 1.29 is 19.4 Å². The summed E-state index contributed by atoms with van der Waals surface area (Å²) in [7, 11) is 0. The molecule has 8 nitrogen and oxygen atoms in total. The van der Waals surface area contributed by atoms with E-state index >= 15 is 0 Å². The second kappa shape index (κ2) is 8.18. The number of ether oxygens (including phenoxy) is 1. The summed E-state index contributed by atoms with van der Waals surface area (Å²) in [6, 6.07) is 0.0393. The van der Waals surface area contributed by atoms with Crippen molar-refractivity contribution in [2.24, 2.45) is 5.73 Å². The monoisotopic (exact) mass is 274 g/mol. The van der Waals surface area contributed by atoms with Crippen LogP contribution in [0.25, 0.3) is 0 Å². The summed E-state index contributed by atoms with van der Waals surface area (Å²) in [6.07, 6.45) is 0. The number of nitrogens with two attached hydrogens (primary N) is 1. The third-order valence-corrected chi connectivity index (χ3v) is 2.92. The zero-order valence-corrected chi connectivity index (χ0v) is 11.2.